The molecule has 118 valence electrons. The Morgan fingerprint density at radius 2 is 1.80 bits per heavy atom. The lowest BCUT2D eigenvalue weighted by Crippen LogP contribution is -2.63. The van der Waals surface area contributed by atoms with E-state index in [0.29, 0.717) is 6.04 Å². The first-order chi connectivity index (χ1) is 9.66. The Kier molecular flexibility index (Phi) is 6.31. The summed E-state index contributed by atoms with van der Waals surface area (Å²) in [6.45, 7) is 12.3. The summed E-state index contributed by atoms with van der Waals surface area (Å²) in [5.74, 6) is 0.855. The maximum atomic E-state index is 5.54. The molecule has 1 aliphatic heterocycles. The van der Waals surface area contributed by atoms with E-state index >= 15 is 0 Å². The van der Waals surface area contributed by atoms with Gasteiger partial charge in [-0.1, -0.05) is 26.2 Å². The van der Waals surface area contributed by atoms with E-state index in [-0.39, 0.29) is 5.54 Å². The molecule has 1 unspecified atom stereocenters. The molecule has 3 nitrogen and oxygen atoms in total. The van der Waals surface area contributed by atoms with Crippen molar-refractivity contribution in [3.63, 3.8) is 0 Å². The lowest BCUT2D eigenvalue weighted by molar-refractivity contribution is -0.0343. The van der Waals surface area contributed by atoms with Crippen molar-refractivity contribution in [2.75, 3.05) is 32.8 Å². The third-order valence-corrected chi connectivity index (χ3v) is 5.32. The highest BCUT2D eigenvalue weighted by Crippen LogP contribution is 2.34. The lowest BCUT2D eigenvalue weighted by atomic mass is 9.75. The summed E-state index contributed by atoms with van der Waals surface area (Å²) >= 11 is 0. The van der Waals surface area contributed by atoms with Gasteiger partial charge in [0.1, 0.15) is 0 Å². The van der Waals surface area contributed by atoms with E-state index in [1.165, 1.54) is 38.5 Å². The van der Waals surface area contributed by atoms with Crippen molar-refractivity contribution in [3.05, 3.63) is 0 Å². The number of nitrogens with zero attached hydrogens (tertiary/aromatic N) is 1. The molecule has 0 aromatic heterocycles. The van der Waals surface area contributed by atoms with Crippen molar-refractivity contribution in [3.8, 4) is 0 Å². The molecular weight excluding hydrogens is 248 g/mol. The SMILES string of the molecule is CCCNC(C1CCCCC1)C(C)(C)N1CCOCC1. The standard InChI is InChI=1S/C17H34N2O/c1-4-10-18-16(15-8-6-5-7-9-15)17(2,3)19-11-13-20-14-12-19/h15-16,18H,4-14H2,1-3H3. The molecule has 0 bridgehead atoms. The highest BCUT2D eigenvalue weighted by Gasteiger charge is 2.40. The van der Waals surface area contributed by atoms with Gasteiger partial charge in [-0.2, -0.15) is 0 Å². The van der Waals surface area contributed by atoms with Crippen molar-refractivity contribution in [1.82, 2.24) is 10.2 Å². The van der Waals surface area contributed by atoms with E-state index in [1.807, 2.05) is 0 Å². The highest BCUT2D eigenvalue weighted by molar-refractivity contribution is 4.98. The predicted octanol–water partition coefficient (Wildman–Crippen LogP) is 3.05. The van der Waals surface area contributed by atoms with Crippen molar-refractivity contribution >= 4 is 0 Å². The fourth-order valence-electron chi connectivity index (χ4n) is 4.10. The maximum absolute atomic E-state index is 5.54. The largest absolute Gasteiger partial charge is 0.379 e. The topological polar surface area (TPSA) is 24.5 Å². The molecule has 2 rings (SSSR count). The molecule has 0 amide bonds. The Balaban J connectivity index is 2.05. The average Bonchev–Trinajstić information content (AvgIpc) is 2.49. The Morgan fingerprint density at radius 3 is 2.40 bits per heavy atom. The molecule has 0 aromatic carbocycles. The third kappa shape index (κ3) is 3.96. The number of ether oxygens (including phenoxy) is 1. The molecule has 1 N–H and O–H groups in total. The molecule has 3 heteroatoms. The zero-order valence-corrected chi connectivity index (χ0v) is 13.8. The second-order valence-corrected chi connectivity index (χ2v) is 7.08. The van der Waals surface area contributed by atoms with Crippen LogP contribution in [0.2, 0.25) is 0 Å². The number of rotatable bonds is 6. The molecule has 1 heterocycles. The summed E-state index contributed by atoms with van der Waals surface area (Å²) in [5, 5.41) is 3.89. The van der Waals surface area contributed by atoms with Crippen LogP contribution in [0.25, 0.3) is 0 Å². The van der Waals surface area contributed by atoms with Gasteiger partial charge in [-0.25, -0.2) is 0 Å². The third-order valence-electron chi connectivity index (χ3n) is 5.32. The van der Waals surface area contributed by atoms with Crippen LogP contribution in [-0.4, -0.2) is 49.3 Å². The van der Waals surface area contributed by atoms with Crippen molar-refractivity contribution < 1.29 is 4.74 Å². The van der Waals surface area contributed by atoms with Gasteiger partial charge in [0.25, 0.3) is 0 Å². The van der Waals surface area contributed by atoms with Gasteiger partial charge < -0.3 is 10.1 Å². The summed E-state index contributed by atoms with van der Waals surface area (Å²) < 4.78 is 5.54. The minimum atomic E-state index is 0.237. The normalized spacial score (nSPS) is 24.8. The quantitative estimate of drug-likeness (QED) is 0.810. The van der Waals surface area contributed by atoms with Gasteiger partial charge in [0.2, 0.25) is 0 Å². The summed E-state index contributed by atoms with van der Waals surface area (Å²) in [5.41, 5.74) is 0.237. The average molecular weight is 282 g/mol. The van der Waals surface area contributed by atoms with E-state index in [0.717, 1.165) is 38.8 Å². The fraction of sp³-hybridized carbons (Fsp3) is 1.00. The second kappa shape index (κ2) is 7.77. The smallest absolute Gasteiger partial charge is 0.0594 e. The van der Waals surface area contributed by atoms with Crippen molar-refractivity contribution in [2.24, 2.45) is 5.92 Å². The number of hydrogen-bond donors (Lipinski definition) is 1. The zero-order chi connectivity index (χ0) is 14.4. The second-order valence-electron chi connectivity index (χ2n) is 7.08. The molecule has 1 atom stereocenters. The van der Waals surface area contributed by atoms with Gasteiger partial charge in [-0.15, -0.1) is 0 Å². The first-order valence-electron chi connectivity index (χ1n) is 8.72. The van der Waals surface area contributed by atoms with Crippen molar-refractivity contribution in [2.45, 2.75) is 70.9 Å². The Morgan fingerprint density at radius 1 is 1.15 bits per heavy atom. The number of hydrogen-bond acceptors (Lipinski definition) is 3. The highest BCUT2D eigenvalue weighted by atomic mass is 16.5. The van der Waals surface area contributed by atoms with Gasteiger partial charge in [-0.3, -0.25) is 4.90 Å². The monoisotopic (exact) mass is 282 g/mol. The Hall–Kier alpha value is -0.120. The Labute approximate surface area is 125 Å². The Bertz CT molecular complexity index is 268. The predicted molar refractivity (Wildman–Crippen MR) is 85.1 cm³/mol. The van der Waals surface area contributed by atoms with Crippen molar-refractivity contribution in [1.29, 1.82) is 0 Å². The molecule has 1 saturated heterocycles. The zero-order valence-electron chi connectivity index (χ0n) is 13.8. The van der Waals surface area contributed by atoms with Crippen LogP contribution in [-0.2, 0) is 4.74 Å². The van der Waals surface area contributed by atoms with Crippen LogP contribution in [0.4, 0.5) is 0 Å². The van der Waals surface area contributed by atoms with E-state index in [2.05, 4.69) is 31.0 Å². The van der Waals surface area contributed by atoms with E-state index in [9.17, 15) is 0 Å². The van der Waals surface area contributed by atoms with Gasteiger partial charge in [0.05, 0.1) is 13.2 Å². The molecule has 1 saturated carbocycles. The van der Waals surface area contributed by atoms with Crippen LogP contribution in [0.1, 0.15) is 59.3 Å². The fourth-order valence-corrected chi connectivity index (χ4v) is 4.10. The van der Waals surface area contributed by atoms with Crippen LogP contribution in [0.5, 0.6) is 0 Å². The van der Waals surface area contributed by atoms with Crippen LogP contribution in [0.3, 0.4) is 0 Å². The van der Waals surface area contributed by atoms with Crippen LogP contribution >= 0.6 is 0 Å². The molecule has 20 heavy (non-hydrogen) atoms. The summed E-state index contributed by atoms with van der Waals surface area (Å²) in [6.07, 6.45) is 8.34. The van der Waals surface area contributed by atoms with E-state index in [4.69, 9.17) is 4.74 Å². The first kappa shape index (κ1) is 16.3. The number of nitrogens with one attached hydrogen (secondary N) is 1. The molecule has 2 aliphatic rings. The van der Waals surface area contributed by atoms with Crippen LogP contribution in [0, 0.1) is 5.92 Å². The van der Waals surface area contributed by atoms with E-state index in [1.54, 1.807) is 0 Å². The maximum Gasteiger partial charge on any atom is 0.0594 e. The van der Waals surface area contributed by atoms with Crippen LogP contribution < -0.4 is 5.32 Å². The van der Waals surface area contributed by atoms with E-state index < -0.39 is 0 Å². The molecule has 2 fully saturated rings. The van der Waals surface area contributed by atoms with Crippen LogP contribution in [0.15, 0.2) is 0 Å². The minimum Gasteiger partial charge on any atom is -0.379 e. The van der Waals surface area contributed by atoms with Gasteiger partial charge in [0.15, 0.2) is 0 Å². The lowest BCUT2D eigenvalue weighted by Gasteiger charge is -2.49. The summed E-state index contributed by atoms with van der Waals surface area (Å²) in [6, 6.07) is 0.626. The summed E-state index contributed by atoms with van der Waals surface area (Å²) in [4.78, 5) is 2.65. The molecular formula is C17H34N2O. The molecule has 0 radical (unpaired) electrons. The summed E-state index contributed by atoms with van der Waals surface area (Å²) in [7, 11) is 0. The van der Waals surface area contributed by atoms with Gasteiger partial charge >= 0.3 is 0 Å². The first-order valence-corrected chi connectivity index (χ1v) is 8.72. The van der Waals surface area contributed by atoms with Gasteiger partial charge in [-0.05, 0) is 45.6 Å². The molecule has 1 aliphatic carbocycles. The molecule has 0 aromatic rings. The molecule has 0 spiro atoms. The van der Waals surface area contributed by atoms with Gasteiger partial charge in [0, 0.05) is 24.7 Å². The number of morpholine rings is 1. The minimum absolute atomic E-state index is 0.237.